The first kappa shape index (κ1) is 25.6. The van der Waals surface area contributed by atoms with Crippen LogP contribution >= 0.6 is 47.0 Å². The summed E-state index contributed by atoms with van der Waals surface area (Å²) in [6.45, 7) is 0.224. The number of hydrogen-bond donors (Lipinski definition) is 1. The molecule has 2 fully saturated rings. The molecular formula is C19H20Cl3N3O7S. The van der Waals surface area contributed by atoms with Gasteiger partial charge in [0, 0.05) is 6.54 Å². The molecular weight excluding hydrogens is 521 g/mol. The van der Waals surface area contributed by atoms with E-state index in [2.05, 4.69) is 0 Å². The van der Waals surface area contributed by atoms with E-state index < -0.39 is 34.2 Å². The van der Waals surface area contributed by atoms with Gasteiger partial charge in [-0.1, -0.05) is 30.3 Å². The number of thiocarbonyl (C=S) groups is 1. The Labute approximate surface area is 209 Å². The number of hydroxylamine groups is 2. The van der Waals surface area contributed by atoms with E-state index in [1.54, 1.807) is 24.3 Å². The minimum absolute atomic E-state index is 0.00605. The highest BCUT2D eigenvalue weighted by Crippen LogP contribution is 2.31. The number of rotatable bonds is 5. The summed E-state index contributed by atoms with van der Waals surface area (Å²) in [5, 5.41) is 10.6. The molecule has 1 N–H and O–H groups in total. The van der Waals surface area contributed by atoms with Gasteiger partial charge in [-0.3, -0.25) is 19.4 Å². The Morgan fingerprint density at radius 3 is 2.48 bits per heavy atom. The second-order valence-corrected chi connectivity index (χ2v) is 9.71. The van der Waals surface area contributed by atoms with Gasteiger partial charge in [-0.25, -0.2) is 9.59 Å². The topological polar surface area (TPSA) is 109 Å². The van der Waals surface area contributed by atoms with Gasteiger partial charge in [-0.15, -0.1) is 0 Å². The molecule has 0 aliphatic carbocycles. The molecule has 1 aromatic carbocycles. The molecule has 0 saturated carbocycles. The van der Waals surface area contributed by atoms with Crippen LogP contribution in [0, 0.1) is 0 Å². The van der Waals surface area contributed by atoms with Crippen molar-refractivity contribution in [3.63, 3.8) is 0 Å². The third-order valence-electron chi connectivity index (χ3n) is 5.04. The summed E-state index contributed by atoms with van der Waals surface area (Å²) < 4.78 is 7.57. The van der Waals surface area contributed by atoms with E-state index >= 15 is 0 Å². The Morgan fingerprint density at radius 1 is 1.21 bits per heavy atom. The average molecular weight is 541 g/mol. The maximum atomic E-state index is 12.9. The van der Waals surface area contributed by atoms with Crippen LogP contribution in [0.3, 0.4) is 0 Å². The maximum absolute atomic E-state index is 12.9. The van der Waals surface area contributed by atoms with Crippen LogP contribution in [0.4, 0.5) is 9.59 Å². The molecule has 3 rings (SSSR count). The predicted octanol–water partition coefficient (Wildman–Crippen LogP) is 3.54. The second kappa shape index (κ2) is 10.9. The van der Waals surface area contributed by atoms with E-state index in [4.69, 9.17) is 61.3 Å². The summed E-state index contributed by atoms with van der Waals surface area (Å²) in [6, 6.07) is 7.14. The van der Waals surface area contributed by atoms with Gasteiger partial charge in [0.1, 0.15) is 19.3 Å². The maximum Gasteiger partial charge on any atom is 0.437 e. The molecule has 2 aliphatic rings. The number of hydrogen-bond acceptors (Lipinski definition) is 7. The monoisotopic (exact) mass is 539 g/mol. The van der Waals surface area contributed by atoms with E-state index in [0.717, 1.165) is 15.5 Å². The van der Waals surface area contributed by atoms with E-state index in [1.165, 1.54) is 4.90 Å². The first-order valence-corrected chi connectivity index (χ1v) is 11.3. The lowest BCUT2D eigenvalue weighted by molar-refractivity contribution is -0.182. The summed E-state index contributed by atoms with van der Waals surface area (Å²) in [4.78, 5) is 45.3. The Hall–Kier alpha value is -2.05. The molecule has 33 heavy (non-hydrogen) atoms. The van der Waals surface area contributed by atoms with Crippen molar-refractivity contribution in [1.82, 2.24) is 14.9 Å². The minimum atomic E-state index is -2.35. The van der Waals surface area contributed by atoms with E-state index in [-0.39, 0.29) is 44.3 Å². The number of ether oxygens (including phenoxy) is 2. The number of nitrogens with zero attached hydrogens (tertiary/aromatic N) is 3. The van der Waals surface area contributed by atoms with Crippen molar-refractivity contribution < 1.29 is 33.8 Å². The number of carboxylic acid groups (broad SMARTS) is 1. The van der Waals surface area contributed by atoms with Gasteiger partial charge in [-0.2, -0.15) is 5.06 Å². The van der Waals surface area contributed by atoms with Gasteiger partial charge in [-0.05, 0) is 65.4 Å². The molecule has 0 bridgehead atoms. The Bertz CT molecular complexity index is 902. The van der Waals surface area contributed by atoms with E-state index in [1.807, 2.05) is 6.07 Å². The standard InChI is InChI=1S/C19H20Cl3N3O7S/c20-19(21,22)32-17(29)25(31-11-12-4-2-1-3-5-12)13-6-7-14(24(10-13)16(27)28)15(26)23-8-9-30-18(23)33/h1-5,13-14H,6-11H2,(H,27,28)/t13-,14+/m1/s1. The molecule has 0 radical (unpaired) electrons. The van der Waals surface area contributed by atoms with Crippen LogP contribution in [0.15, 0.2) is 30.3 Å². The molecule has 180 valence electrons. The summed E-state index contributed by atoms with van der Waals surface area (Å²) in [7, 11) is 0. The zero-order valence-corrected chi connectivity index (χ0v) is 20.1. The minimum Gasteiger partial charge on any atom is -0.469 e. The van der Waals surface area contributed by atoms with E-state index in [9.17, 15) is 19.5 Å². The summed E-state index contributed by atoms with van der Waals surface area (Å²) >= 11 is 21.8. The summed E-state index contributed by atoms with van der Waals surface area (Å²) in [6.07, 6.45) is -2.14. The van der Waals surface area contributed by atoms with E-state index in [0.29, 0.717) is 0 Å². The van der Waals surface area contributed by atoms with Gasteiger partial charge in [0.05, 0.1) is 12.6 Å². The molecule has 2 saturated heterocycles. The van der Waals surface area contributed by atoms with Gasteiger partial charge in [0.25, 0.3) is 11.1 Å². The fourth-order valence-electron chi connectivity index (χ4n) is 3.55. The molecule has 0 spiro atoms. The lowest BCUT2D eigenvalue weighted by Crippen LogP contribution is -2.59. The first-order valence-electron chi connectivity index (χ1n) is 9.80. The number of amides is 3. The number of carbonyl (C=O) groups excluding carboxylic acids is 2. The number of alkyl halides is 3. The van der Waals surface area contributed by atoms with Crippen molar-refractivity contribution in [2.24, 2.45) is 0 Å². The normalized spacial score (nSPS) is 20.9. The van der Waals surface area contributed by atoms with Crippen molar-refractivity contribution in [1.29, 1.82) is 0 Å². The largest absolute Gasteiger partial charge is 0.469 e. The fourth-order valence-corrected chi connectivity index (χ4v) is 4.02. The highest BCUT2D eigenvalue weighted by Gasteiger charge is 2.44. The smallest absolute Gasteiger partial charge is 0.437 e. The molecule has 3 amide bonds. The second-order valence-electron chi connectivity index (χ2n) is 7.18. The molecule has 1 aromatic rings. The van der Waals surface area contributed by atoms with Crippen molar-refractivity contribution in [3.8, 4) is 0 Å². The molecule has 0 aromatic heterocycles. The Morgan fingerprint density at radius 2 is 1.91 bits per heavy atom. The van der Waals surface area contributed by atoms with Crippen LogP contribution in [-0.4, -0.2) is 79.0 Å². The van der Waals surface area contributed by atoms with Crippen LogP contribution in [0.25, 0.3) is 0 Å². The highest BCUT2D eigenvalue weighted by atomic mass is 35.6. The molecule has 0 unspecified atom stereocenters. The third-order valence-corrected chi connectivity index (χ3v) is 5.61. The SMILES string of the molecule is O=C([C@@H]1CC[C@@H](N(OCc2ccccc2)C(=O)OC(Cl)(Cl)Cl)CN1C(=O)O)N1CCOC1=S. The van der Waals surface area contributed by atoms with Crippen LogP contribution in [0.2, 0.25) is 0 Å². The Balaban J connectivity index is 1.77. The zero-order valence-electron chi connectivity index (χ0n) is 17.1. The summed E-state index contributed by atoms with van der Waals surface area (Å²) in [5.74, 6) is -0.487. The van der Waals surface area contributed by atoms with Crippen molar-refractivity contribution in [2.45, 2.75) is 35.5 Å². The van der Waals surface area contributed by atoms with Crippen LogP contribution in [-0.2, 0) is 25.7 Å². The molecule has 2 atom stereocenters. The quantitative estimate of drug-likeness (QED) is 0.343. The van der Waals surface area contributed by atoms with Crippen LogP contribution < -0.4 is 0 Å². The number of halogens is 3. The fraction of sp³-hybridized carbons (Fsp3) is 0.474. The van der Waals surface area contributed by atoms with Crippen LogP contribution in [0.5, 0.6) is 0 Å². The average Bonchev–Trinajstić information content (AvgIpc) is 3.18. The van der Waals surface area contributed by atoms with Crippen molar-refractivity contribution in [2.75, 3.05) is 19.7 Å². The van der Waals surface area contributed by atoms with Gasteiger partial charge in [0.15, 0.2) is 0 Å². The summed E-state index contributed by atoms with van der Waals surface area (Å²) in [5.41, 5.74) is 0.741. The highest BCUT2D eigenvalue weighted by molar-refractivity contribution is 7.80. The molecule has 2 heterocycles. The lowest BCUT2D eigenvalue weighted by Gasteiger charge is -2.41. The number of carbonyl (C=O) groups is 3. The van der Waals surface area contributed by atoms with Gasteiger partial charge < -0.3 is 14.6 Å². The lowest BCUT2D eigenvalue weighted by atomic mass is 9.97. The van der Waals surface area contributed by atoms with Crippen molar-refractivity contribution >= 4 is 70.3 Å². The number of benzene rings is 1. The molecule has 10 nitrogen and oxygen atoms in total. The molecule has 2 aliphatic heterocycles. The Kier molecular flexibility index (Phi) is 8.46. The van der Waals surface area contributed by atoms with Gasteiger partial charge >= 0.3 is 16.2 Å². The predicted molar refractivity (Wildman–Crippen MR) is 122 cm³/mol. The third kappa shape index (κ3) is 6.73. The van der Waals surface area contributed by atoms with Crippen molar-refractivity contribution in [3.05, 3.63) is 35.9 Å². The first-order chi connectivity index (χ1) is 15.6. The van der Waals surface area contributed by atoms with Gasteiger partial charge in [0.2, 0.25) is 0 Å². The zero-order chi connectivity index (χ0) is 24.2. The number of likely N-dealkylation sites (tertiary alicyclic amines) is 1. The number of piperidine rings is 1. The van der Waals surface area contributed by atoms with Crippen LogP contribution in [0.1, 0.15) is 18.4 Å². The molecule has 14 heteroatoms.